The molecule has 10 nitrogen and oxygen atoms in total. The number of carbonyl (C=O) groups is 3. The van der Waals surface area contributed by atoms with E-state index in [0.29, 0.717) is 44.0 Å². The molecule has 1 aromatic carbocycles. The molecule has 2 fully saturated rings. The number of amides is 1. The maximum absolute atomic E-state index is 12.8. The Hall–Kier alpha value is -3.10. The van der Waals surface area contributed by atoms with E-state index in [4.69, 9.17) is 19.4 Å². The quantitative estimate of drug-likeness (QED) is 0.242. The maximum Gasteiger partial charge on any atom is 0.526 e. The van der Waals surface area contributed by atoms with Gasteiger partial charge in [-0.25, -0.2) is 9.59 Å². The van der Waals surface area contributed by atoms with Crippen LogP contribution in [0.25, 0.3) is 0 Å². The average molecular weight is 511 g/mol. The number of esters is 1. The van der Waals surface area contributed by atoms with E-state index in [-0.39, 0.29) is 23.5 Å². The topological polar surface area (TPSA) is 129 Å². The molecule has 1 aromatic rings. The fourth-order valence-corrected chi connectivity index (χ4v) is 5.34. The molecular formula is C26H34BN3O7. The molecule has 0 radical (unpaired) electrons. The monoisotopic (exact) mass is 511 g/mol. The zero-order valence-corrected chi connectivity index (χ0v) is 21.1. The molecule has 0 bridgehead atoms. The molecule has 1 atom stereocenters. The van der Waals surface area contributed by atoms with Gasteiger partial charge in [0.15, 0.2) is 0 Å². The van der Waals surface area contributed by atoms with Gasteiger partial charge in [-0.1, -0.05) is 12.1 Å². The number of hydrogen-bond acceptors (Lipinski definition) is 9. The van der Waals surface area contributed by atoms with E-state index in [1.165, 1.54) is 6.07 Å². The summed E-state index contributed by atoms with van der Waals surface area (Å²) in [5.74, 6) is -0.512. The van der Waals surface area contributed by atoms with E-state index in [9.17, 15) is 19.4 Å². The highest BCUT2D eigenvalue weighted by molar-refractivity contribution is 6.47. The standard InChI is InChI=1S/C26H34BN3O7/c28-9-14-29-12-7-19(8-13-29)15-22(31)17-21-16-20-5-4-6-23(24(20)37-27(21)34)25(32)35-18-36-26(33)30-10-2-1-3-11-30/h4-6,19,21,34H,1-3,7-8,10-18H2/t21-/m1/s1. The molecule has 0 aliphatic carbocycles. The lowest BCUT2D eigenvalue weighted by Gasteiger charge is -2.31. The molecule has 4 rings (SSSR count). The number of nitriles is 1. The highest BCUT2D eigenvalue weighted by atomic mass is 16.7. The van der Waals surface area contributed by atoms with Gasteiger partial charge in [0.25, 0.3) is 0 Å². The summed E-state index contributed by atoms with van der Waals surface area (Å²) in [7, 11) is -1.22. The lowest BCUT2D eigenvalue weighted by Crippen LogP contribution is -2.37. The van der Waals surface area contributed by atoms with E-state index in [0.717, 1.165) is 45.2 Å². The summed E-state index contributed by atoms with van der Waals surface area (Å²) in [6.45, 7) is 2.83. The van der Waals surface area contributed by atoms with Crippen molar-refractivity contribution in [2.75, 3.05) is 39.5 Å². The predicted molar refractivity (Wildman–Crippen MR) is 134 cm³/mol. The van der Waals surface area contributed by atoms with Crippen LogP contribution in [-0.2, 0) is 20.7 Å². The second-order valence-electron chi connectivity index (χ2n) is 10.1. The van der Waals surface area contributed by atoms with Crippen molar-refractivity contribution in [3.05, 3.63) is 29.3 Å². The summed E-state index contributed by atoms with van der Waals surface area (Å²) in [4.78, 5) is 41.2. The Kier molecular flexibility index (Phi) is 9.42. The molecule has 2 saturated heterocycles. The number of Topliss-reactive ketones (excluding diaryl/α,β-unsaturated/α-hetero) is 1. The van der Waals surface area contributed by atoms with Gasteiger partial charge >= 0.3 is 19.2 Å². The fraction of sp³-hybridized carbons (Fsp3) is 0.615. The number of rotatable bonds is 8. The summed E-state index contributed by atoms with van der Waals surface area (Å²) < 4.78 is 15.9. The molecule has 0 spiro atoms. The molecule has 1 amide bonds. The number of likely N-dealkylation sites (tertiary alicyclic amines) is 2. The highest BCUT2D eigenvalue weighted by Gasteiger charge is 2.38. The van der Waals surface area contributed by atoms with Crippen LogP contribution in [0.1, 0.15) is 60.9 Å². The SMILES string of the molecule is N#CCN1CCC(CC(=O)C[C@H]2Cc3cccc(C(=O)OCOC(=O)N4CCCCC4)c3OB2O)CC1. The number of carbonyl (C=O) groups excluding carboxylic acids is 3. The van der Waals surface area contributed by atoms with Crippen molar-refractivity contribution in [1.29, 1.82) is 5.26 Å². The van der Waals surface area contributed by atoms with Gasteiger partial charge in [0.1, 0.15) is 17.1 Å². The van der Waals surface area contributed by atoms with Crippen molar-refractivity contribution in [2.45, 2.75) is 57.2 Å². The van der Waals surface area contributed by atoms with Crippen LogP contribution in [0.5, 0.6) is 5.75 Å². The second-order valence-corrected chi connectivity index (χ2v) is 10.1. The minimum absolute atomic E-state index is 0.0842. The van der Waals surface area contributed by atoms with E-state index in [1.807, 2.05) is 0 Å². The first-order chi connectivity index (χ1) is 17.9. The smallest absolute Gasteiger partial charge is 0.526 e. The van der Waals surface area contributed by atoms with Gasteiger partial charge < -0.3 is 24.1 Å². The summed E-state index contributed by atoms with van der Waals surface area (Å²) >= 11 is 0. The van der Waals surface area contributed by atoms with Gasteiger partial charge in [-0.15, -0.1) is 0 Å². The Balaban J connectivity index is 1.27. The van der Waals surface area contributed by atoms with Crippen LogP contribution in [0.4, 0.5) is 4.79 Å². The van der Waals surface area contributed by atoms with Crippen molar-refractivity contribution in [2.24, 2.45) is 5.92 Å². The Labute approximate surface area is 217 Å². The number of para-hydroxylation sites is 1. The number of hydrogen-bond donors (Lipinski definition) is 1. The van der Waals surface area contributed by atoms with E-state index < -0.39 is 31.8 Å². The average Bonchev–Trinajstić information content (AvgIpc) is 2.90. The fourth-order valence-electron chi connectivity index (χ4n) is 5.34. The molecule has 1 N–H and O–H groups in total. The third kappa shape index (κ3) is 7.24. The molecule has 11 heteroatoms. The van der Waals surface area contributed by atoms with Crippen molar-refractivity contribution < 1.29 is 33.5 Å². The maximum atomic E-state index is 12.8. The van der Waals surface area contributed by atoms with Gasteiger partial charge in [-0.2, -0.15) is 5.26 Å². The lowest BCUT2D eigenvalue weighted by atomic mass is 9.64. The van der Waals surface area contributed by atoms with Crippen LogP contribution in [0.15, 0.2) is 18.2 Å². The first-order valence-electron chi connectivity index (χ1n) is 13.1. The first-order valence-corrected chi connectivity index (χ1v) is 13.1. The van der Waals surface area contributed by atoms with Gasteiger partial charge in [0.05, 0.1) is 12.6 Å². The van der Waals surface area contributed by atoms with Crippen LogP contribution in [-0.4, -0.2) is 79.3 Å². The van der Waals surface area contributed by atoms with Crippen molar-refractivity contribution in [3.8, 4) is 11.8 Å². The number of fused-ring (bicyclic) bond motifs is 1. The van der Waals surface area contributed by atoms with Gasteiger partial charge in [-0.05, 0) is 69.2 Å². The third-order valence-corrected chi connectivity index (χ3v) is 7.43. The van der Waals surface area contributed by atoms with E-state index in [1.54, 1.807) is 17.0 Å². The zero-order valence-electron chi connectivity index (χ0n) is 21.1. The number of ether oxygens (including phenoxy) is 2. The largest absolute Gasteiger partial charge is 0.535 e. The number of piperidine rings is 2. The molecule has 0 aromatic heterocycles. The molecule has 37 heavy (non-hydrogen) atoms. The van der Waals surface area contributed by atoms with Crippen molar-refractivity contribution in [1.82, 2.24) is 9.80 Å². The lowest BCUT2D eigenvalue weighted by molar-refractivity contribution is -0.120. The first kappa shape index (κ1) is 27.0. The van der Waals surface area contributed by atoms with Gasteiger partial charge in [0, 0.05) is 31.7 Å². The molecule has 3 aliphatic rings. The van der Waals surface area contributed by atoms with Crippen LogP contribution >= 0.6 is 0 Å². The predicted octanol–water partition coefficient (Wildman–Crippen LogP) is 2.79. The van der Waals surface area contributed by atoms with Gasteiger partial charge in [0.2, 0.25) is 6.79 Å². The Morgan fingerprint density at radius 1 is 1.08 bits per heavy atom. The van der Waals surface area contributed by atoms with Gasteiger partial charge in [-0.3, -0.25) is 9.69 Å². The number of nitrogens with zero attached hydrogens (tertiary/aromatic N) is 3. The van der Waals surface area contributed by atoms with Crippen LogP contribution in [0.2, 0.25) is 5.82 Å². The van der Waals surface area contributed by atoms with Crippen molar-refractivity contribution >= 4 is 25.0 Å². The highest BCUT2D eigenvalue weighted by Crippen LogP contribution is 2.37. The third-order valence-electron chi connectivity index (χ3n) is 7.43. The minimum atomic E-state index is -1.22. The van der Waals surface area contributed by atoms with Crippen LogP contribution in [0, 0.1) is 17.2 Å². The minimum Gasteiger partial charge on any atom is -0.535 e. The molecular weight excluding hydrogens is 477 g/mol. The molecule has 0 saturated carbocycles. The Bertz CT molecular complexity index is 1020. The van der Waals surface area contributed by atoms with Crippen LogP contribution < -0.4 is 4.65 Å². The van der Waals surface area contributed by atoms with Crippen molar-refractivity contribution in [3.63, 3.8) is 0 Å². The molecule has 3 aliphatic heterocycles. The summed E-state index contributed by atoms with van der Waals surface area (Å²) in [6.07, 6.45) is 5.27. The second kappa shape index (κ2) is 12.9. The summed E-state index contributed by atoms with van der Waals surface area (Å²) in [5.41, 5.74) is 0.854. The molecule has 3 heterocycles. The zero-order chi connectivity index (χ0) is 26.2. The Morgan fingerprint density at radius 3 is 2.57 bits per heavy atom. The summed E-state index contributed by atoms with van der Waals surface area (Å²) in [5, 5.41) is 19.5. The number of ketones is 1. The number of benzene rings is 1. The van der Waals surface area contributed by atoms with E-state index in [2.05, 4.69) is 11.0 Å². The molecule has 0 unspecified atom stereocenters. The van der Waals surface area contributed by atoms with E-state index >= 15 is 0 Å². The normalized spacial score (nSPS) is 20.4. The molecule has 198 valence electrons. The Morgan fingerprint density at radius 2 is 1.84 bits per heavy atom. The summed E-state index contributed by atoms with van der Waals surface area (Å²) in [6, 6.07) is 7.20. The van der Waals surface area contributed by atoms with Crippen LogP contribution in [0.3, 0.4) is 0 Å².